The Bertz CT molecular complexity index is 2190. The molecule has 15 heteroatoms. The van der Waals surface area contributed by atoms with Crippen molar-refractivity contribution in [3.63, 3.8) is 0 Å². The Morgan fingerprint density at radius 3 is 2.49 bits per heavy atom. The van der Waals surface area contributed by atoms with Crippen LogP contribution in [0.15, 0.2) is 35.5 Å². The van der Waals surface area contributed by atoms with Gasteiger partial charge in [0.25, 0.3) is 0 Å². The van der Waals surface area contributed by atoms with Crippen LogP contribution in [0.5, 0.6) is 0 Å². The van der Waals surface area contributed by atoms with Crippen LogP contribution in [0.1, 0.15) is 92.0 Å². The summed E-state index contributed by atoms with van der Waals surface area (Å²) in [6.07, 6.45) is 12.8. The van der Waals surface area contributed by atoms with Crippen LogP contribution in [0.25, 0.3) is 20.7 Å². The van der Waals surface area contributed by atoms with Crippen molar-refractivity contribution in [3.8, 4) is 10.4 Å². The van der Waals surface area contributed by atoms with E-state index >= 15 is 0 Å². The monoisotopic (exact) mass is 832 g/mol. The number of carbonyl (C=O) groups excluding carboxylic acids is 1. The number of fused-ring (bicyclic) bond motifs is 1. The van der Waals surface area contributed by atoms with Crippen LogP contribution in [0.4, 0.5) is 16.8 Å². The molecule has 12 nitrogen and oxygen atoms in total. The van der Waals surface area contributed by atoms with Crippen LogP contribution >= 0.6 is 22.7 Å². The summed E-state index contributed by atoms with van der Waals surface area (Å²) < 4.78 is 22.5. The second-order valence-corrected chi connectivity index (χ2v) is 24.2. The van der Waals surface area contributed by atoms with E-state index in [9.17, 15) is 4.79 Å². The topological polar surface area (TPSA) is 131 Å². The van der Waals surface area contributed by atoms with Crippen molar-refractivity contribution in [2.75, 3.05) is 32.2 Å². The van der Waals surface area contributed by atoms with Gasteiger partial charge < -0.3 is 19.5 Å². The van der Waals surface area contributed by atoms with E-state index in [1.807, 2.05) is 32.2 Å². The molecule has 1 saturated carbocycles. The summed E-state index contributed by atoms with van der Waals surface area (Å²) >= 11 is 3.00. The van der Waals surface area contributed by atoms with Gasteiger partial charge in [-0.25, -0.2) is 9.78 Å². The summed E-state index contributed by atoms with van der Waals surface area (Å²) in [4.78, 5) is 24.7. The second-order valence-electron chi connectivity index (χ2n) is 16.6. The molecule has 57 heavy (non-hydrogen) atoms. The molecule has 0 radical (unpaired) electrons. The molecule has 1 N–H and O–H groups in total. The summed E-state index contributed by atoms with van der Waals surface area (Å²) in [5.41, 5.74) is 5.19. The molecule has 0 unspecified atom stereocenters. The van der Waals surface area contributed by atoms with Gasteiger partial charge in [-0.2, -0.15) is 10.1 Å². The largest absolute Gasteiger partial charge is 0.461 e. The molecule has 0 aliphatic heterocycles. The van der Waals surface area contributed by atoms with Gasteiger partial charge >= 0.3 is 5.97 Å². The molecule has 6 rings (SSSR count). The van der Waals surface area contributed by atoms with E-state index in [0.29, 0.717) is 23.5 Å². The number of aromatic nitrogens is 6. The van der Waals surface area contributed by atoms with E-state index in [2.05, 4.69) is 63.5 Å². The first-order chi connectivity index (χ1) is 27.4. The highest BCUT2D eigenvalue weighted by Crippen LogP contribution is 2.42. The fraction of sp³-hybridized carbons (Fsp3) is 0.571. The highest BCUT2D eigenvalue weighted by molar-refractivity contribution is 7.19. The molecule has 1 aliphatic carbocycles. The highest BCUT2D eigenvalue weighted by Gasteiger charge is 2.32. The lowest BCUT2D eigenvalue weighted by molar-refractivity contribution is 0.0521. The van der Waals surface area contributed by atoms with E-state index in [0.717, 1.165) is 80.9 Å². The molecule has 0 bridgehead atoms. The maximum absolute atomic E-state index is 13.4. The second kappa shape index (κ2) is 19.3. The quantitative estimate of drug-likeness (QED) is 0.0553. The lowest BCUT2D eigenvalue weighted by atomic mass is 9.73. The predicted octanol–water partition coefficient (Wildman–Crippen LogP) is 10.4. The number of para-hydroxylation sites is 1. The number of hydrogen-bond donors (Lipinski definition) is 1. The van der Waals surface area contributed by atoms with Gasteiger partial charge in [-0.05, 0) is 77.0 Å². The molecule has 0 amide bonds. The number of carbonyl (C=O) groups is 1. The maximum Gasteiger partial charge on any atom is 0.358 e. The Morgan fingerprint density at radius 2 is 1.75 bits per heavy atom. The summed E-state index contributed by atoms with van der Waals surface area (Å²) in [6.45, 7) is 18.0. The van der Waals surface area contributed by atoms with E-state index in [1.54, 1.807) is 25.4 Å². The molecule has 1 aromatic carbocycles. The Balaban J connectivity index is 1.28. The SMILES string of the molecule is CCOC(=O)c1nc(Nc2nnc(N=c3sc4ccccc4n3COCC[Si](C)(C)C)c(C)c2C)sc1-c1cnn(CC2(CCCOC)CCCCCCC2)c1C. The zero-order chi connectivity index (χ0) is 40.6. The van der Waals surface area contributed by atoms with E-state index in [-0.39, 0.29) is 17.7 Å². The van der Waals surface area contributed by atoms with Crippen molar-refractivity contribution in [2.45, 2.75) is 124 Å². The van der Waals surface area contributed by atoms with Gasteiger partial charge in [0.2, 0.25) is 0 Å². The van der Waals surface area contributed by atoms with E-state index < -0.39 is 14.0 Å². The van der Waals surface area contributed by atoms with Gasteiger partial charge in [0.15, 0.2) is 27.3 Å². The Labute approximate surface area is 346 Å². The number of benzene rings is 1. The molecule has 308 valence electrons. The van der Waals surface area contributed by atoms with Crippen LogP contribution in [0.2, 0.25) is 25.7 Å². The highest BCUT2D eigenvalue weighted by atomic mass is 32.1. The average molecular weight is 833 g/mol. The van der Waals surface area contributed by atoms with Crippen molar-refractivity contribution in [1.29, 1.82) is 0 Å². The molecular formula is C42H60N8O4S2Si. The van der Waals surface area contributed by atoms with Gasteiger partial charge in [0, 0.05) is 57.3 Å². The minimum Gasteiger partial charge on any atom is -0.461 e. The number of anilines is 2. The number of rotatable bonds is 17. The van der Waals surface area contributed by atoms with Crippen LogP contribution < -0.4 is 10.1 Å². The number of nitrogens with one attached hydrogen (secondary N) is 1. The zero-order valence-electron chi connectivity index (χ0n) is 35.1. The van der Waals surface area contributed by atoms with Crippen LogP contribution in [-0.2, 0) is 27.5 Å². The lowest BCUT2D eigenvalue weighted by Crippen LogP contribution is -2.29. The van der Waals surface area contributed by atoms with Gasteiger partial charge in [-0.1, -0.05) is 86.6 Å². The van der Waals surface area contributed by atoms with Crippen molar-refractivity contribution >= 4 is 63.7 Å². The molecule has 1 fully saturated rings. The van der Waals surface area contributed by atoms with Crippen molar-refractivity contribution in [2.24, 2.45) is 10.4 Å². The molecule has 4 heterocycles. The van der Waals surface area contributed by atoms with Gasteiger partial charge in [-0.15, -0.1) is 10.2 Å². The zero-order valence-corrected chi connectivity index (χ0v) is 37.7. The van der Waals surface area contributed by atoms with Gasteiger partial charge in [0.05, 0.1) is 27.9 Å². The first-order valence-electron chi connectivity index (χ1n) is 20.4. The predicted molar refractivity (Wildman–Crippen MR) is 234 cm³/mol. The molecule has 4 aromatic heterocycles. The number of thiazole rings is 2. The number of hydrogen-bond acceptors (Lipinski definition) is 12. The number of methoxy groups -OCH3 is 1. The lowest BCUT2D eigenvalue weighted by Gasteiger charge is -2.36. The smallest absolute Gasteiger partial charge is 0.358 e. The number of nitrogens with zero attached hydrogens (tertiary/aromatic N) is 7. The third kappa shape index (κ3) is 10.7. The summed E-state index contributed by atoms with van der Waals surface area (Å²) in [7, 11) is 0.565. The number of ether oxygens (including phenoxy) is 3. The van der Waals surface area contributed by atoms with E-state index in [1.165, 1.54) is 56.3 Å². The molecule has 0 spiro atoms. The standard InChI is InChI=1S/C42H60N8O4S2Si/c1-9-54-39(51)35-36(32-26-43-50(31(32)4)27-42(22-17-23-52-5)20-15-11-10-12-16-21-42)56-40(44-35)45-37-29(2)30(3)38(48-47-37)46-41-49(28-53-24-25-57(6,7)8)33-18-13-14-19-34(33)55-41/h13-14,18-19,26H,9-12,15-17,20-25,27-28H2,1-8H3,(H,44,45,47). The Hall–Kier alpha value is -3.76. The fourth-order valence-corrected chi connectivity index (χ4v) is 10.3. The normalized spacial score (nSPS) is 15.2. The Kier molecular flexibility index (Phi) is 14.5. The van der Waals surface area contributed by atoms with Crippen molar-refractivity contribution in [3.05, 3.63) is 57.8 Å². The van der Waals surface area contributed by atoms with Crippen molar-refractivity contribution < 1.29 is 19.0 Å². The molecular weight excluding hydrogens is 773 g/mol. The molecule has 0 atom stereocenters. The Morgan fingerprint density at radius 1 is 1.00 bits per heavy atom. The van der Waals surface area contributed by atoms with Crippen LogP contribution in [0.3, 0.4) is 0 Å². The average Bonchev–Trinajstić information content (AvgIpc) is 3.85. The number of esters is 1. The molecule has 1 aliphatic rings. The van der Waals surface area contributed by atoms with Crippen molar-refractivity contribution in [1.82, 2.24) is 29.5 Å². The summed E-state index contributed by atoms with van der Waals surface area (Å²) in [5.74, 6) is 0.629. The summed E-state index contributed by atoms with van der Waals surface area (Å²) in [6, 6.07) is 9.38. The van der Waals surface area contributed by atoms with Crippen LogP contribution in [0, 0.1) is 26.2 Å². The van der Waals surface area contributed by atoms with Crippen LogP contribution in [-0.4, -0.2) is 70.5 Å². The van der Waals surface area contributed by atoms with Gasteiger partial charge in [0.1, 0.15) is 6.73 Å². The fourth-order valence-electron chi connectivity index (χ4n) is 7.55. The molecule has 0 saturated heterocycles. The third-order valence-corrected chi connectivity index (χ3v) is 14.9. The summed E-state index contributed by atoms with van der Waals surface area (Å²) in [5, 5.41) is 18.0. The van der Waals surface area contributed by atoms with Gasteiger partial charge in [-0.3, -0.25) is 9.25 Å². The third-order valence-electron chi connectivity index (χ3n) is 11.1. The first kappa shape index (κ1) is 42.8. The van der Waals surface area contributed by atoms with E-state index in [4.69, 9.17) is 29.3 Å². The minimum atomic E-state index is -1.22. The maximum atomic E-state index is 13.4. The first-order valence-corrected chi connectivity index (χ1v) is 25.8. The molecule has 5 aromatic rings. The minimum absolute atomic E-state index is 0.169.